The first-order valence-electron chi connectivity index (χ1n) is 7.80. The number of hydrogen-bond donors (Lipinski definition) is 3. The number of nitrogens with zero attached hydrogens (tertiary/aromatic N) is 1. The summed E-state index contributed by atoms with van der Waals surface area (Å²) in [5.41, 5.74) is 1.88. The third-order valence-corrected chi connectivity index (χ3v) is 3.80. The predicted octanol–water partition coefficient (Wildman–Crippen LogP) is 0.949. The summed E-state index contributed by atoms with van der Waals surface area (Å²) in [7, 11) is 0. The van der Waals surface area contributed by atoms with Gasteiger partial charge in [-0.15, -0.1) is 0 Å². The molecule has 22 heavy (non-hydrogen) atoms. The molecule has 0 bridgehead atoms. The molecule has 0 aliphatic carbocycles. The highest BCUT2D eigenvalue weighted by atomic mass is 16.2. The van der Waals surface area contributed by atoms with E-state index in [-0.39, 0.29) is 18.2 Å². The topological polar surface area (TPSA) is 73.5 Å². The van der Waals surface area contributed by atoms with Crippen molar-refractivity contribution in [2.45, 2.75) is 26.3 Å². The highest BCUT2D eigenvalue weighted by Gasteiger charge is 2.23. The first kappa shape index (κ1) is 16.3. The SMILES string of the molecule is CCN(CC)c1ccc(NC(=O)CC2NCCNC2=O)cc1. The molecule has 3 N–H and O–H groups in total. The zero-order chi connectivity index (χ0) is 15.9. The second-order valence-corrected chi connectivity index (χ2v) is 5.27. The summed E-state index contributed by atoms with van der Waals surface area (Å²) >= 11 is 0. The lowest BCUT2D eigenvalue weighted by atomic mass is 10.1. The number of hydrogen-bond acceptors (Lipinski definition) is 4. The van der Waals surface area contributed by atoms with Gasteiger partial charge in [0.1, 0.15) is 0 Å². The monoisotopic (exact) mass is 304 g/mol. The van der Waals surface area contributed by atoms with Crippen LogP contribution in [0.1, 0.15) is 20.3 Å². The van der Waals surface area contributed by atoms with Crippen LogP contribution in [-0.2, 0) is 9.59 Å². The lowest BCUT2D eigenvalue weighted by Crippen LogP contribution is -2.53. The summed E-state index contributed by atoms with van der Waals surface area (Å²) in [6.45, 7) is 7.43. The quantitative estimate of drug-likeness (QED) is 0.731. The summed E-state index contributed by atoms with van der Waals surface area (Å²) in [5, 5.41) is 8.63. The zero-order valence-electron chi connectivity index (χ0n) is 13.2. The van der Waals surface area contributed by atoms with E-state index in [2.05, 4.69) is 34.7 Å². The van der Waals surface area contributed by atoms with E-state index in [1.807, 2.05) is 24.3 Å². The minimum absolute atomic E-state index is 0.113. The fraction of sp³-hybridized carbons (Fsp3) is 0.500. The Kier molecular flexibility index (Phi) is 5.77. The molecule has 0 saturated carbocycles. The van der Waals surface area contributed by atoms with Gasteiger partial charge < -0.3 is 20.9 Å². The lowest BCUT2D eigenvalue weighted by molar-refractivity contribution is -0.127. The third kappa shape index (κ3) is 4.21. The average molecular weight is 304 g/mol. The van der Waals surface area contributed by atoms with Gasteiger partial charge in [-0.3, -0.25) is 9.59 Å². The Labute approximate surface area is 131 Å². The molecule has 0 radical (unpaired) electrons. The van der Waals surface area contributed by atoms with Crippen LogP contribution in [0.2, 0.25) is 0 Å². The van der Waals surface area contributed by atoms with Crippen molar-refractivity contribution >= 4 is 23.2 Å². The van der Waals surface area contributed by atoms with Crippen molar-refractivity contribution in [3.63, 3.8) is 0 Å². The average Bonchev–Trinajstić information content (AvgIpc) is 2.52. The van der Waals surface area contributed by atoms with Gasteiger partial charge in [0.15, 0.2) is 0 Å². The molecular formula is C16H24N4O2. The molecule has 1 unspecified atom stereocenters. The van der Waals surface area contributed by atoms with Gasteiger partial charge in [-0.05, 0) is 38.1 Å². The number of benzene rings is 1. The van der Waals surface area contributed by atoms with E-state index < -0.39 is 6.04 Å². The number of piperazine rings is 1. The van der Waals surface area contributed by atoms with Gasteiger partial charge in [0.25, 0.3) is 0 Å². The highest BCUT2D eigenvalue weighted by Crippen LogP contribution is 2.18. The van der Waals surface area contributed by atoms with Crippen LogP contribution in [0.5, 0.6) is 0 Å². The van der Waals surface area contributed by atoms with E-state index in [0.29, 0.717) is 13.1 Å². The first-order chi connectivity index (χ1) is 10.6. The van der Waals surface area contributed by atoms with E-state index in [1.54, 1.807) is 0 Å². The number of carbonyl (C=O) groups excluding carboxylic acids is 2. The molecule has 0 spiro atoms. The fourth-order valence-corrected chi connectivity index (χ4v) is 2.55. The molecule has 1 aromatic carbocycles. The molecule has 2 amide bonds. The molecule has 1 atom stereocenters. The Balaban J connectivity index is 1.90. The van der Waals surface area contributed by atoms with Crippen molar-refractivity contribution in [3.05, 3.63) is 24.3 Å². The van der Waals surface area contributed by atoms with E-state index in [4.69, 9.17) is 0 Å². The van der Waals surface area contributed by atoms with Crippen molar-refractivity contribution in [1.82, 2.24) is 10.6 Å². The van der Waals surface area contributed by atoms with Gasteiger partial charge in [0.2, 0.25) is 11.8 Å². The maximum Gasteiger partial charge on any atom is 0.237 e. The van der Waals surface area contributed by atoms with Crippen LogP contribution < -0.4 is 20.9 Å². The van der Waals surface area contributed by atoms with Crippen LogP contribution in [0, 0.1) is 0 Å². The molecule has 1 fully saturated rings. The molecule has 1 saturated heterocycles. The van der Waals surface area contributed by atoms with Crippen LogP contribution in [0.25, 0.3) is 0 Å². The maximum absolute atomic E-state index is 12.0. The molecule has 120 valence electrons. The molecule has 0 aromatic heterocycles. The summed E-state index contributed by atoms with van der Waals surface area (Å²) < 4.78 is 0. The van der Waals surface area contributed by atoms with Crippen LogP contribution in [-0.4, -0.2) is 44.0 Å². The van der Waals surface area contributed by atoms with E-state index in [1.165, 1.54) is 0 Å². The van der Waals surface area contributed by atoms with Crippen LogP contribution in [0.3, 0.4) is 0 Å². The van der Waals surface area contributed by atoms with Crippen molar-refractivity contribution in [3.8, 4) is 0 Å². The Hall–Kier alpha value is -2.08. The summed E-state index contributed by atoms with van der Waals surface area (Å²) in [6.07, 6.45) is 0.142. The number of amides is 2. The Morgan fingerprint density at radius 3 is 2.50 bits per heavy atom. The molecule has 2 rings (SSSR count). The highest BCUT2D eigenvalue weighted by molar-refractivity contribution is 5.95. The Morgan fingerprint density at radius 1 is 1.23 bits per heavy atom. The largest absolute Gasteiger partial charge is 0.372 e. The lowest BCUT2D eigenvalue weighted by Gasteiger charge is -2.23. The number of anilines is 2. The van der Waals surface area contributed by atoms with Gasteiger partial charge in [-0.2, -0.15) is 0 Å². The maximum atomic E-state index is 12.0. The first-order valence-corrected chi connectivity index (χ1v) is 7.80. The minimum Gasteiger partial charge on any atom is -0.372 e. The predicted molar refractivity (Wildman–Crippen MR) is 88.1 cm³/mol. The molecule has 6 heteroatoms. The number of rotatable bonds is 6. The smallest absolute Gasteiger partial charge is 0.237 e. The Morgan fingerprint density at radius 2 is 1.91 bits per heavy atom. The van der Waals surface area contributed by atoms with Gasteiger partial charge in [0.05, 0.1) is 12.5 Å². The minimum atomic E-state index is -0.441. The van der Waals surface area contributed by atoms with Crippen molar-refractivity contribution in [2.24, 2.45) is 0 Å². The Bertz CT molecular complexity index is 511. The molecule has 1 aromatic rings. The van der Waals surface area contributed by atoms with Gasteiger partial charge in [0, 0.05) is 37.6 Å². The van der Waals surface area contributed by atoms with Crippen molar-refractivity contribution in [2.75, 3.05) is 36.4 Å². The van der Waals surface area contributed by atoms with Crippen LogP contribution in [0.4, 0.5) is 11.4 Å². The summed E-state index contributed by atoms with van der Waals surface area (Å²) in [6, 6.07) is 7.33. The molecular weight excluding hydrogens is 280 g/mol. The summed E-state index contributed by atoms with van der Waals surface area (Å²) in [4.78, 5) is 25.9. The second kappa shape index (κ2) is 7.79. The van der Waals surface area contributed by atoms with E-state index in [0.717, 1.165) is 24.5 Å². The summed E-state index contributed by atoms with van der Waals surface area (Å²) in [5.74, 6) is -0.275. The van der Waals surface area contributed by atoms with Gasteiger partial charge in [-0.1, -0.05) is 0 Å². The van der Waals surface area contributed by atoms with Gasteiger partial charge >= 0.3 is 0 Å². The van der Waals surface area contributed by atoms with E-state index >= 15 is 0 Å². The zero-order valence-corrected chi connectivity index (χ0v) is 13.2. The van der Waals surface area contributed by atoms with Crippen molar-refractivity contribution in [1.29, 1.82) is 0 Å². The van der Waals surface area contributed by atoms with Crippen molar-refractivity contribution < 1.29 is 9.59 Å². The third-order valence-electron chi connectivity index (χ3n) is 3.80. The molecule has 1 aliphatic rings. The van der Waals surface area contributed by atoms with Crippen LogP contribution >= 0.6 is 0 Å². The van der Waals surface area contributed by atoms with E-state index in [9.17, 15) is 9.59 Å². The standard InChI is InChI=1S/C16H24N4O2/c1-3-20(4-2)13-7-5-12(6-8-13)19-15(21)11-14-16(22)18-10-9-17-14/h5-8,14,17H,3-4,9-11H2,1-2H3,(H,18,22)(H,19,21). The number of carbonyl (C=O) groups is 2. The fourth-order valence-electron chi connectivity index (χ4n) is 2.55. The molecule has 1 heterocycles. The number of nitrogens with one attached hydrogen (secondary N) is 3. The molecule has 6 nitrogen and oxygen atoms in total. The second-order valence-electron chi connectivity index (χ2n) is 5.27. The van der Waals surface area contributed by atoms with Gasteiger partial charge in [-0.25, -0.2) is 0 Å². The normalized spacial score (nSPS) is 17.7. The molecule has 1 aliphatic heterocycles. The van der Waals surface area contributed by atoms with Crippen LogP contribution in [0.15, 0.2) is 24.3 Å².